The average Bonchev–Trinajstić information content (AvgIpc) is 2.97. The number of fused-ring (bicyclic) bond motifs is 2. The molecule has 2 heterocycles. The van der Waals surface area contributed by atoms with E-state index in [1.807, 2.05) is 29.2 Å². The number of alkyl halides is 3. The molecule has 250 valence electrons. The highest BCUT2D eigenvalue weighted by atomic mass is 35.5. The van der Waals surface area contributed by atoms with Crippen molar-refractivity contribution in [3.05, 3.63) is 48.0 Å². The van der Waals surface area contributed by atoms with Gasteiger partial charge in [-0.1, -0.05) is 69.3 Å². The number of para-hydroxylation sites is 1. The summed E-state index contributed by atoms with van der Waals surface area (Å²) >= 11 is 1.53. The van der Waals surface area contributed by atoms with Gasteiger partial charge in [0.25, 0.3) is 0 Å². The minimum atomic E-state index is -4.35. The van der Waals surface area contributed by atoms with Crippen LogP contribution < -0.4 is 4.90 Å². The Balaban J connectivity index is 0.000000594. The first-order chi connectivity index (χ1) is 20.2. The van der Waals surface area contributed by atoms with Gasteiger partial charge in [-0.25, -0.2) is 0 Å². The van der Waals surface area contributed by atoms with Crippen LogP contribution in [-0.4, -0.2) is 78.4 Å². The number of hydrogen-bond acceptors (Lipinski definition) is 6. The summed E-state index contributed by atoms with van der Waals surface area (Å²) < 4.78 is 39.9. The van der Waals surface area contributed by atoms with Gasteiger partial charge < -0.3 is 20.0 Å². The molecule has 2 aromatic carbocycles. The number of β-amino-alcohol motifs (C(OH)–C–C–N with tert-alkyl or cyclic N) is 1. The van der Waals surface area contributed by atoms with Gasteiger partial charge in [0.1, 0.15) is 0 Å². The van der Waals surface area contributed by atoms with Crippen LogP contribution in [0.2, 0.25) is 0 Å². The van der Waals surface area contributed by atoms with Crippen LogP contribution in [0, 0.1) is 0 Å². The molecular weight excluding hydrogens is 634 g/mol. The van der Waals surface area contributed by atoms with Crippen LogP contribution >= 0.6 is 36.6 Å². The number of hydrogen-bond donors (Lipinski definition) is 2. The molecule has 2 aliphatic rings. The maximum atomic E-state index is 13.3. The molecule has 0 unspecified atom stereocenters. The predicted octanol–water partition coefficient (Wildman–Crippen LogP) is 8.36. The van der Waals surface area contributed by atoms with E-state index in [0.29, 0.717) is 25.2 Å². The second-order valence-electron chi connectivity index (χ2n) is 10.9. The van der Waals surface area contributed by atoms with Crippen LogP contribution in [0.1, 0.15) is 70.3 Å². The smallest absolute Gasteiger partial charge is 0.416 e. The Bertz CT molecular complexity index is 1110. The number of unbranched alkanes of at least 4 members (excludes halogenated alkanes) is 6. The van der Waals surface area contributed by atoms with Gasteiger partial charge in [-0.15, -0.1) is 24.8 Å². The highest BCUT2D eigenvalue weighted by molar-refractivity contribution is 7.99. The van der Waals surface area contributed by atoms with Crippen LogP contribution in [0.25, 0.3) is 0 Å². The van der Waals surface area contributed by atoms with Crippen molar-refractivity contribution in [2.45, 2.75) is 80.7 Å². The Morgan fingerprint density at radius 3 is 2.00 bits per heavy atom. The average molecular weight is 683 g/mol. The first-order valence-corrected chi connectivity index (χ1v) is 16.1. The van der Waals surface area contributed by atoms with Crippen molar-refractivity contribution in [1.29, 1.82) is 0 Å². The lowest BCUT2D eigenvalue weighted by molar-refractivity contribution is -0.138. The number of carboxylic acid groups (broad SMARTS) is 1. The van der Waals surface area contributed by atoms with E-state index in [1.54, 1.807) is 6.07 Å². The quantitative estimate of drug-likeness (QED) is 0.194. The summed E-state index contributed by atoms with van der Waals surface area (Å²) in [6, 6.07) is 11.9. The number of nitrogens with zero attached hydrogens (tertiary/aromatic N) is 3. The molecule has 1 saturated heterocycles. The first-order valence-electron chi connectivity index (χ1n) is 15.3. The second kappa shape index (κ2) is 21.2. The summed E-state index contributed by atoms with van der Waals surface area (Å²) in [5.74, 6) is -0.663. The summed E-state index contributed by atoms with van der Waals surface area (Å²) in [4.78, 5) is 18.8. The van der Waals surface area contributed by atoms with E-state index >= 15 is 0 Å². The van der Waals surface area contributed by atoms with Gasteiger partial charge in [0.15, 0.2) is 0 Å². The van der Waals surface area contributed by atoms with Crippen LogP contribution in [0.4, 0.5) is 24.5 Å². The monoisotopic (exact) mass is 681 g/mol. The maximum absolute atomic E-state index is 13.3. The third-order valence-electron chi connectivity index (χ3n) is 7.68. The fourth-order valence-corrected chi connectivity index (χ4v) is 6.39. The fraction of sp³-hybridized carbons (Fsp3) is 0.594. The zero-order chi connectivity index (χ0) is 30.4. The van der Waals surface area contributed by atoms with Crippen LogP contribution in [-0.2, 0) is 11.0 Å². The number of carbonyl (C=O) groups is 1. The molecule has 0 spiro atoms. The van der Waals surface area contributed by atoms with E-state index < -0.39 is 17.7 Å². The molecule has 12 heteroatoms. The second-order valence-corrected chi connectivity index (χ2v) is 12.0. The van der Waals surface area contributed by atoms with Gasteiger partial charge in [-0.05, 0) is 49.7 Å². The van der Waals surface area contributed by atoms with Gasteiger partial charge in [0, 0.05) is 55.5 Å². The number of carboxylic acids is 1. The molecule has 0 atom stereocenters. The number of anilines is 2. The zero-order valence-electron chi connectivity index (χ0n) is 25.6. The molecule has 0 radical (unpaired) electrons. The summed E-state index contributed by atoms with van der Waals surface area (Å²) in [5, 5.41) is 17.4. The van der Waals surface area contributed by atoms with Gasteiger partial charge in [-0.3, -0.25) is 9.69 Å². The Morgan fingerprint density at radius 2 is 1.39 bits per heavy atom. The summed E-state index contributed by atoms with van der Waals surface area (Å²) in [6.07, 6.45) is 5.16. The lowest BCUT2D eigenvalue weighted by Crippen LogP contribution is -2.47. The normalized spacial score (nSPS) is 14.8. The third-order valence-corrected chi connectivity index (χ3v) is 8.81. The topological polar surface area (TPSA) is 67.2 Å². The van der Waals surface area contributed by atoms with E-state index in [-0.39, 0.29) is 31.4 Å². The third kappa shape index (κ3) is 13.3. The molecule has 0 aromatic heterocycles. The minimum absolute atomic E-state index is 0. The maximum Gasteiger partial charge on any atom is 0.416 e. The van der Waals surface area contributed by atoms with Crippen LogP contribution in [0.5, 0.6) is 0 Å². The predicted molar refractivity (Wildman–Crippen MR) is 178 cm³/mol. The first kappa shape index (κ1) is 40.3. The number of benzene rings is 2. The van der Waals surface area contributed by atoms with E-state index in [0.717, 1.165) is 67.5 Å². The number of aliphatic carboxylic acids is 1. The largest absolute Gasteiger partial charge is 0.481 e. The van der Waals surface area contributed by atoms with Crippen molar-refractivity contribution in [2.24, 2.45) is 0 Å². The molecular formula is C32H48Cl2F3N3O3S. The van der Waals surface area contributed by atoms with Crippen molar-refractivity contribution >= 4 is 53.9 Å². The molecule has 2 N–H and O–H groups in total. The van der Waals surface area contributed by atoms with Gasteiger partial charge in [-0.2, -0.15) is 13.2 Å². The molecule has 6 nitrogen and oxygen atoms in total. The van der Waals surface area contributed by atoms with Crippen molar-refractivity contribution in [2.75, 3.05) is 57.3 Å². The summed E-state index contributed by atoms with van der Waals surface area (Å²) in [6.45, 7) is 8.49. The molecule has 0 bridgehead atoms. The lowest BCUT2D eigenvalue weighted by Gasteiger charge is -2.36. The molecule has 2 aliphatic heterocycles. The van der Waals surface area contributed by atoms with Gasteiger partial charge in [0.2, 0.25) is 0 Å². The van der Waals surface area contributed by atoms with Gasteiger partial charge >= 0.3 is 12.1 Å². The number of piperazine rings is 1. The Hall–Kier alpha value is -1.69. The van der Waals surface area contributed by atoms with E-state index in [2.05, 4.69) is 16.7 Å². The molecule has 44 heavy (non-hydrogen) atoms. The molecule has 0 amide bonds. The number of halogens is 5. The van der Waals surface area contributed by atoms with Crippen LogP contribution in [0.15, 0.2) is 52.3 Å². The minimum Gasteiger partial charge on any atom is -0.481 e. The Morgan fingerprint density at radius 1 is 0.795 bits per heavy atom. The molecule has 4 rings (SSSR count). The van der Waals surface area contributed by atoms with Crippen molar-refractivity contribution < 1.29 is 28.2 Å². The van der Waals surface area contributed by atoms with Crippen molar-refractivity contribution in [3.8, 4) is 0 Å². The highest BCUT2D eigenvalue weighted by Gasteiger charge is 2.33. The van der Waals surface area contributed by atoms with Crippen molar-refractivity contribution in [1.82, 2.24) is 9.80 Å². The van der Waals surface area contributed by atoms with E-state index in [9.17, 15) is 18.0 Å². The molecule has 0 saturated carbocycles. The van der Waals surface area contributed by atoms with Crippen molar-refractivity contribution in [3.63, 3.8) is 0 Å². The lowest BCUT2D eigenvalue weighted by atomic mass is 10.1. The summed E-state index contributed by atoms with van der Waals surface area (Å²) in [5.41, 5.74) is 1.01. The molecule has 0 aliphatic carbocycles. The van der Waals surface area contributed by atoms with Gasteiger partial charge in [0.05, 0.1) is 23.5 Å². The van der Waals surface area contributed by atoms with Crippen LogP contribution in [0.3, 0.4) is 0 Å². The number of rotatable bonds is 14. The molecule has 1 fully saturated rings. The molecule has 2 aromatic rings. The zero-order valence-corrected chi connectivity index (χ0v) is 28.0. The Kier molecular flexibility index (Phi) is 19.4. The SMILES string of the molecule is CCCCCCCCCC(=O)O.Cl.Cl.OCCN1CCN(CCCN2c3ccccc3Sc3ccc(C(F)(F)F)cc32)CC1. The number of aliphatic hydroxyl groups is 1. The van der Waals surface area contributed by atoms with E-state index in [4.69, 9.17) is 10.2 Å². The highest BCUT2D eigenvalue weighted by Crippen LogP contribution is 2.49. The Labute approximate surface area is 277 Å². The van der Waals surface area contributed by atoms with E-state index in [1.165, 1.54) is 56.0 Å². The standard InChI is InChI=1S/C22H26F3N3OS.C10H20O2.2ClH/c23-22(24,25)17-6-7-21-19(16-17)28(18-4-1-2-5-20(18)30-21)9-3-8-26-10-12-27(13-11-26)14-15-29;1-2-3-4-5-6-7-8-9-10(11)12;;/h1-2,4-7,16,29H,3,8-15H2;2-9H2,1H3,(H,11,12);2*1H. The number of aliphatic hydroxyl groups excluding tert-OH is 1. The fourth-order valence-electron chi connectivity index (χ4n) is 5.31. The summed E-state index contributed by atoms with van der Waals surface area (Å²) in [7, 11) is 0.